The zero-order chi connectivity index (χ0) is 24.2. The molecule has 0 spiro atoms. The van der Waals surface area contributed by atoms with Gasteiger partial charge in [0.1, 0.15) is 23.7 Å². The number of nitrogens with one attached hydrogen (secondary N) is 1. The van der Waals surface area contributed by atoms with Crippen LogP contribution in [0.5, 0.6) is 11.5 Å². The van der Waals surface area contributed by atoms with Crippen LogP contribution in [0.3, 0.4) is 0 Å². The summed E-state index contributed by atoms with van der Waals surface area (Å²) in [6.07, 6.45) is 1.40. The van der Waals surface area contributed by atoms with Crippen molar-refractivity contribution in [2.24, 2.45) is 0 Å². The molecule has 4 rings (SSSR count). The van der Waals surface area contributed by atoms with Crippen LogP contribution < -0.4 is 19.7 Å². The van der Waals surface area contributed by atoms with E-state index in [0.29, 0.717) is 22.1 Å². The van der Waals surface area contributed by atoms with Gasteiger partial charge in [0.2, 0.25) is 0 Å². The fourth-order valence-corrected chi connectivity index (χ4v) is 3.49. The SMILES string of the molecule is COc1ccc(/C=C2\C(=O)NC(=O)N(c3ccc(Cl)cc3)C2=O)c(OCc2ccc(C)cc2)c1. The van der Waals surface area contributed by atoms with Crippen molar-refractivity contribution in [3.8, 4) is 11.5 Å². The van der Waals surface area contributed by atoms with Crippen molar-refractivity contribution in [3.63, 3.8) is 0 Å². The van der Waals surface area contributed by atoms with Gasteiger partial charge in [-0.05, 0) is 55.0 Å². The summed E-state index contributed by atoms with van der Waals surface area (Å²) in [6.45, 7) is 2.28. The Balaban J connectivity index is 1.67. The molecule has 7 nitrogen and oxygen atoms in total. The summed E-state index contributed by atoms with van der Waals surface area (Å²) in [4.78, 5) is 39.0. The van der Waals surface area contributed by atoms with Crippen LogP contribution in [0.4, 0.5) is 10.5 Å². The number of urea groups is 1. The van der Waals surface area contributed by atoms with E-state index in [2.05, 4.69) is 5.32 Å². The van der Waals surface area contributed by atoms with Gasteiger partial charge in [0.15, 0.2) is 0 Å². The molecule has 34 heavy (non-hydrogen) atoms. The first-order valence-electron chi connectivity index (χ1n) is 10.4. The second-order valence-corrected chi connectivity index (χ2v) is 8.05. The lowest BCUT2D eigenvalue weighted by Crippen LogP contribution is -2.54. The fraction of sp³-hybridized carbons (Fsp3) is 0.115. The van der Waals surface area contributed by atoms with Gasteiger partial charge in [0.25, 0.3) is 11.8 Å². The first-order chi connectivity index (χ1) is 16.4. The molecule has 1 N–H and O–H groups in total. The van der Waals surface area contributed by atoms with Crippen LogP contribution in [0.2, 0.25) is 5.02 Å². The van der Waals surface area contributed by atoms with Crippen LogP contribution in [-0.4, -0.2) is 25.0 Å². The lowest BCUT2D eigenvalue weighted by atomic mass is 10.1. The second-order valence-electron chi connectivity index (χ2n) is 7.61. The predicted molar refractivity (Wildman–Crippen MR) is 129 cm³/mol. The van der Waals surface area contributed by atoms with Crippen LogP contribution in [-0.2, 0) is 16.2 Å². The highest BCUT2D eigenvalue weighted by Gasteiger charge is 2.37. The predicted octanol–water partition coefficient (Wildman–Crippen LogP) is 4.90. The Morgan fingerprint density at radius 2 is 1.68 bits per heavy atom. The summed E-state index contributed by atoms with van der Waals surface area (Å²) in [5, 5.41) is 2.66. The summed E-state index contributed by atoms with van der Waals surface area (Å²) in [5.74, 6) is -0.571. The van der Waals surface area contributed by atoms with Gasteiger partial charge < -0.3 is 9.47 Å². The van der Waals surface area contributed by atoms with Crippen molar-refractivity contribution in [1.82, 2.24) is 5.32 Å². The monoisotopic (exact) mass is 476 g/mol. The number of carbonyl (C=O) groups excluding carboxylic acids is 3. The summed E-state index contributed by atoms with van der Waals surface area (Å²) in [6, 6.07) is 18.3. The van der Waals surface area contributed by atoms with E-state index in [1.807, 2.05) is 31.2 Å². The Kier molecular flexibility index (Phi) is 6.65. The van der Waals surface area contributed by atoms with Gasteiger partial charge in [0.05, 0.1) is 12.8 Å². The van der Waals surface area contributed by atoms with Gasteiger partial charge in [-0.15, -0.1) is 0 Å². The van der Waals surface area contributed by atoms with Gasteiger partial charge in [-0.25, -0.2) is 9.69 Å². The zero-order valence-electron chi connectivity index (χ0n) is 18.5. The first-order valence-corrected chi connectivity index (χ1v) is 10.8. The average molecular weight is 477 g/mol. The van der Waals surface area contributed by atoms with Crippen LogP contribution in [0.15, 0.2) is 72.3 Å². The quantitative estimate of drug-likeness (QED) is 0.404. The standard InChI is InChI=1S/C26H21ClN2O5/c1-16-3-5-17(6-4-16)15-34-23-14-21(33-2)12-7-18(23)13-22-24(30)28-26(32)29(25(22)31)20-10-8-19(27)9-11-20/h3-14H,15H2,1-2H3,(H,28,30,32)/b22-13+. The number of rotatable bonds is 6. The highest BCUT2D eigenvalue weighted by Crippen LogP contribution is 2.30. The third-order valence-corrected chi connectivity index (χ3v) is 5.47. The molecule has 0 atom stereocenters. The van der Waals surface area contributed by atoms with E-state index < -0.39 is 17.8 Å². The van der Waals surface area contributed by atoms with E-state index in [0.717, 1.165) is 16.0 Å². The number of hydrogen-bond donors (Lipinski definition) is 1. The maximum absolute atomic E-state index is 13.2. The van der Waals surface area contributed by atoms with Gasteiger partial charge in [-0.1, -0.05) is 41.4 Å². The number of aryl methyl sites for hydroxylation is 1. The number of hydrogen-bond acceptors (Lipinski definition) is 5. The van der Waals surface area contributed by atoms with Crippen molar-refractivity contribution in [1.29, 1.82) is 0 Å². The normalized spacial score (nSPS) is 14.9. The molecule has 0 radical (unpaired) electrons. The van der Waals surface area contributed by atoms with Gasteiger partial charge in [-0.3, -0.25) is 14.9 Å². The topological polar surface area (TPSA) is 84.9 Å². The molecule has 3 aromatic rings. The molecule has 1 heterocycles. The van der Waals surface area contributed by atoms with Gasteiger partial charge >= 0.3 is 6.03 Å². The van der Waals surface area contributed by atoms with E-state index in [4.69, 9.17) is 21.1 Å². The van der Waals surface area contributed by atoms with E-state index in [9.17, 15) is 14.4 Å². The number of imide groups is 2. The average Bonchev–Trinajstić information content (AvgIpc) is 2.83. The van der Waals surface area contributed by atoms with E-state index >= 15 is 0 Å². The fourth-order valence-electron chi connectivity index (χ4n) is 3.37. The number of benzene rings is 3. The number of barbiturate groups is 1. The third-order valence-electron chi connectivity index (χ3n) is 5.22. The molecule has 0 aliphatic carbocycles. The van der Waals surface area contributed by atoms with Crippen molar-refractivity contribution in [2.75, 3.05) is 12.0 Å². The Morgan fingerprint density at radius 1 is 0.971 bits per heavy atom. The summed E-state index contributed by atoms with van der Waals surface area (Å²) in [7, 11) is 1.53. The molecule has 0 aromatic heterocycles. The Bertz CT molecular complexity index is 1280. The molecule has 1 aliphatic heterocycles. The molecule has 4 amide bonds. The minimum Gasteiger partial charge on any atom is -0.497 e. The highest BCUT2D eigenvalue weighted by atomic mass is 35.5. The molecular weight excluding hydrogens is 456 g/mol. The zero-order valence-corrected chi connectivity index (χ0v) is 19.3. The Hall–Kier alpha value is -4.10. The van der Waals surface area contributed by atoms with Crippen LogP contribution in [0.25, 0.3) is 6.08 Å². The molecule has 1 saturated heterocycles. The van der Waals surface area contributed by atoms with Crippen LogP contribution in [0, 0.1) is 6.92 Å². The number of amides is 4. The number of carbonyl (C=O) groups is 3. The second kappa shape index (κ2) is 9.80. The molecular formula is C26H21ClN2O5. The van der Waals surface area contributed by atoms with Crippen LogP contribution in [0.1, 0.15) is 16.7 Å². The van der Waals surface area contributed by atoms with Crippen LogP contribution >= 0.6 is 11.6 Å². The third kappa shape index (κ3) is 4.94. The molecule has 1 aliphatic rings. The van der Waals surface area contributed by atoms with Gasteiger partial charge in [0, 0.05) is 16.7 Å². The first kappa shape index (κ1) is 23.1. The number of halogens is 1. The highest BCUT2D eigenvalue weighted by molar-refractivity contribution is 6.39. The summed E-state index contributed by atoms with van der Waals surface area (Å²) < 4.78 is 11.3. The van der Waals surface area contributed by atoms with Crippen molar-refractivity contribution >= 4 is 41.2 Å². The van der Waals surface area contributed by atoms with Gasteiger partial charge in [-0.2, -0.15) is 0 Å². The van der Waals surface area contributed by atoms with Crippen molar-refractivity contribution in [3.05, 3.63) is 94.0 Å². The molecule has 3 aromatic carbocycles. The molecule has 0 bridgehead atoms. The number of ether oxygens (including phenoxy) is 2. The lowest BCUT2D eigenvalue weighted by molar-refractivity contribution is -0.122. The Labute approximate surface area is 201 Å². The van der Waals surface area contributed by atoms with Crippen molar-refractivity contribution in [2.45, 2.75) is 13.5 Å². The van der Waals surface area contributed by atoms with E-state index in [1.54, 1.807) is 30.3 Å². The summed E-state index contributed by atoms with van der Waals surface area (Å²) in [5.41, 5.74) is 2.66. The molecule has 0 unspecified atom stereocenters. The molecule has 8 heteroatoms. The molecule has 172 valence electrons. The number of methoxy groups -OCH3 is 1. The Morgan fingerprint density at radius 3 is 2.35 bits per heavy atom. The number of nitrogens with zero attached hydrogens (tertiary/aromatic N) is 1. The largest absolute Gasteiger partial charge is 0.497 e. The minimum atomic E-state index is -0.833. The van der Waals surface area contributed by atoms with Crippen molar-refractivity contribution < 1.29 is 23.9 Å². The van der Waals surface area contributed by atoms with E-state index in [1.165, 1.54) is 25.3 Å². The number of anilines is 1. The molecule has 1 fully saturated rings. The van der Waals surface area contributed by atoms with E-state index in [-0.39, 0.29) is 17.9 Å². The summed E-state index contributed by atoms with van der Waals surface area (Å²) >= 11 is 5.91. The minimum absolute atomic E-state index is 0.208. The lowest BCUT2D eigenvalue weighted by Gasteiger charge is -2.26. The smallest absolute Gasteiger partial charge is 0.335 e. The maximum atomic E-state index is 13.2. The maximum Gasteiger partial charge on any atom is 0.335 e. The molecule has 0 saturated carbocycles.